The van der Waals surface area contributed by atoms with E-state index in [1.807, 2.05) is 0 Å². The van der Waals surface area contributed by atoms with Crippen LogP contribution in [0.25, 0.3) is 0 Å². The Bertz CT molecular complexity index is 1050. The molecule has 11 heteroatoms. The summed E-state index contributed by atoms with van der Waals surface area (Å²) in [5.41, 5.74) is -5.15. The highest BCUT2D eigenvalue weighted by atomic mass is 16.6. The molecule has 4 N–H and O–H groups in total. The van der Waals surface area contributed by atoms with Gasteiger partial charge in [0.1, 0.15) is 18.0 Å². The standard InChI is InChI=1S/C22H23NO10/c1-11-16(15(26)13(24)9-10-14(25)31-2)33-21(17(11)27)19(29)22(32-3,23-20(21)30)18(28)12-7-5-4-6-8-12/h4-10,13,15,19,24,26,29H,1-3H3,(H,23,30)/b10-9+/t13-,15-,19+,21+,22+/m0/s1. The van der Waals surface area contributed by atoms with Crippen LogP contribution in [-0.2, 0) is 28.6 Å². The molecule has 0 bridgehead atoms. The fourth-order valence-corrected chi connectivity index (χ4v) is 3.78. The summed E-state index contributed by atoms with van der Waals surface area (Å²) >= 11 is 0. The summed E-state index contributed by atoms with van der Waals surface area (Å²) < 4.78 is 15.1. The number of amides is 1. The Hall–Kier alpha value is -3.38. The summed E-state index contributed by atoms with van der Waals surface area (Å²) in [6.07, 6.45) is -4.00. The van der Waals surface area contributed by atoms with Gasteiger partial charge in [-0.3, -0.25) is 14.4 Å². The molecular weight excluding hydrogens is 438 g/mol. The molecule has 3 rings (SSSR count). The van der Waals surface area contributed by atoms with Crippen molar-refractivity contribution in [1.82, 2.24) is 5.32 Å². The third-order valence-electron chi connectivity index (χ3n) is 5.64. The number of benzene rings is 1. The lowest BCUT2D eigenvalue weighted by molar-refractivity contribution is -0.163. The van der Waals surface area contributed by atoms with E-state index in [0.717, 1.165) is 26.4 Å². The Kier molecular flexibility index (Phi) is 6.52. The number of aliphatic hydroxyl groups excluding tert-OH is 3. The molecule has 1 amide bonds. The second-order valence-electron chi connectivity index (χ2n) is 7.47. The van der Waals surface area contributed by atoms with E-state index in [1.165, 1.54) is 19.1 Å². The molecule has 2 aliphatic heterocycles. The summed E-state index contributed by atoms with van der Waals surface area (Å²) in [6, 6.07) is 7.66. The van der Waals surface area contributed by atoms with Gasteiger partial charge in [-0.05, 0) is 13.0 Å². The molecule has 33 heavy (non-hydrogen) atoms. The molecule has 2 aliphatic rings. The zero-order chi connectivity index (χ0) is 24.6. The van der Waals surface area contributed by atoms with Crippen LogP contribution >= 0.6 is 0 Å². The van der Waals surface area contributed by atoms with Crippen molar-refractivity contribution < 1.29 is 48.7 Å². The van der Waals surface area contributed by atoms with Gasteiger partial charge in [0, 0.05) is 24.3 Å². The minimum atomic E-state index is -2.63. The van der Waals surface area contributed by atoms with Crippen LogP contribution in [0, 0.1) is 0 Å². The Labute approximate surface area is 188 Å². The average Bonchev–Trinajstić information content (AvgIpc) is 3.23. The van der Waals surface area contributed by atoms with Crippen molar-refractivity contribution in [2.75, 3.05) is 14.2 Å². The Balaban J connectivity index is 1.96. The number of ketones is 2. The van der Waals surface area contributed by atoms with Crippen LogP contribution < -0.4 is 5.32 Å². The Morgan fingerprint density at radius 3 is 2.39 bits per heavy atom. The summed E-state index contributed by atoms with van der Waals surface area (Å²) in [6.45, 7) is 1.22. The van der Waals surface area contributed by atoms with Crippen molar-refractivity contribution in [1.29, 1.82) is 0 Å². The SMILES string of the molecule is COC(=O)/C=C/[C@H](O)[C@H](O)C1=C(C)C(=O)[C@]2(O1)C(=O)N[C@@](OC)(C(=O)c1ccccc1)[C@@H]2O. The maximum atomic E-state index is 13.2. The second kappa shape index (κ2) is 8.87. The second-order valence-corrected chi connectivity index (χ2v) is 7.47. The van der Waals surface area contributed by atoms with Crippen LogP contribution in [0.15, 0.2) is 53.8 Å². The van der Waals surface area contributed by atoms with Crippen molar-refractivity contribution in [2.24, 2.45) is 0 Å². The van der Waals surface area contributed by atoms with E-state index < -0.39 is 58.8 Å². The van der Waals surface area contributed by atoms with Crippen LogP contribution in [0.3, 0.4) is 0 Å². The van der Waals surface area contributed by atoms with E-state index in [4.69, 9.17) is 9.47 Å². The summed E-state index contributed by atoms with van der Waals surface area (Å²) in [5, 5.41) is 34.0. The first-order chi connectivity index (χ1) is 15.6. The van der Waals surface area contributed by atoms with Gasteiger partial charge >= 0.3 is 5.97 Å². The highest BCUT2D eigenvalue weighted by Gasteiger charge is 2.74. The number of carbonyl (C=O) groups excluding carboxylic acids is 4. The van der Waals surface area contributed by atoms with Crippen molar-refractivity contribution in [3.05, 3.63) is 59.4 Å². The number of nitrogens with one attached hydrogen (secondary N) is 1. The van der Waals surface area contributed by atoms with E-state index in [2.05, 4.69) is 10.1 Å². The zero-order valence-electron chi connectivity index (χ0n) is 18.0. The van der Waals surface area contributed by atoms with Crippen molar-refractivity contribution in [3.8, 4) is 0 Å². The third kappa shape index (κ3) is 3.64. The first-order valence-corrected chi connectivity index (χ1v) is 9.79. The maximum Gasteiger partial charge on any atom is 0.330 e. The average molecular weight is 461 g/mol. The number of hydrogen-bond donors (Lipinski definition) is 4. The highest BCUT2D eigenvalue weighted by molar-refractivity contribution is 6.23. The zero-order valence-corrected chi connectivity index (χ0v) is 18.0. The van der Waals surface area contributed by atoms with E-state index >= 15 is 0 Å². The molecule has 1 aromatic rings. The van der Waals surface area contributed by atoms with Crippen molar-refractivity contribution >= 4 is 23.4 Å². The van der Waals surface area contributed by atoms with Crippen LogP contribution in [0.5, 0.6) is 0 Å². The van der Waals surface area contributed by atoms with Gasteiger partial charge in [-0.1, -0.05) is 30.3 Å². The first-order valence-electron chi connectivity index (χ1n) is 9.79. The summed E-state index contributed by atoms with van der Waals surface area (Å²) in [4.78, 5) is 50.5. The molecule has 0 aliphatic carbocycles. The van der Waals surface area contributed by atoms with Crippen molar-refractivity contribution in [3.63, 3.8) is 0 Å². The van der Waals surface area contributed by atoms with Gasteiger partial charge in [0.25, 0.3) is 11.5 Å². The van der Waals surface area contributed by atoms with Gasteiger partial charge in [-0.15, -0.1) is 0 Å². The number of ether oxygens (including phenoxy) is 3. The molecule has 176 valence electrons. The maximum absolute atomic E-state index is 13.2. The number of Topliss-reactive ketones (excluding diaryl/α,β-unsaturated/α-hetero) is 2. The van der Waals surface area contributed by atoms with E-state index in [9.17, 15) is 34.5 Å². The van der Waals surface area contributed by atoms with Crippen LogP contribution in [0.1, 0.15) is 17.3 Å². The lowest BCUT2D eigenvalue weighted by Gasteiger charge is -2.32. The number of carbonyl (C=O) groups is 4. The lowest BCUT2D eigenvalue weighted by Crippen LogP contribution is -2.60. The predicted octanol–water partition coefficient (Wildman–Crippen LogP) is -1.23. The van der Waals surface area contributed by atoms with Gasteiger partial charge in [-0.2, -0.15) is 0 Å². The van der Waals surface area contributed by atoms with E-state index in [1.54, 1.807) is 18.2 Å². The molecule has 1 fully saturated rings. The molecule has 0 aromatic heterocycles. The quantitative estimate of drug-likeness (QED) is 0.167. The molecular formula is C22H23NO10. The molecule has 5 atom stereocenters. The van der Waals surface area contributed by atoms with Gasteiger partial charge in [0.15, 0.2) is 6.10 Å². The smallest absolute Gasteiger partial charge is 0.330 e. The fourth-order valence-electron chi connectivity index (χ4n) is 3.78. The number of aliphatic hydroxyl groups is 3. The van der Waals surface area contributed by atoms with Crippen LogP contribution in [0.4, 0.5) is 0 Å². The van der Waals surface area contributed by atoms with E-state index in [-0.39, 0.29) is 11.1 Å². The topological polar surface area (TPSA) is 169 Å². The first kappa shape index (κ1) is 24.3. The number of esters is 1. The van der Waals surface area contributed by atoms with E-state index in [0.29, 0.717) is 0 Å². The minimum Gasteiger partial charge on any atom is -0.467 e. The molecule has 1 saturated heterocycles. The molecule has 1 aromatic carbocycles. The molecule has 1 spiro atoms. The Morgan fingerprint density at radius 1 is 1.18 bits per heavy atom. The number of methoxy groups -OCH3 is 2. The normalized spacial score (nSPS) is 28.7. The Morgan fingerprint density at radius 2 is 1.82 bits per heavy atom. The minimum absolute atomic E-state index is 0.0921. The fraction of sp³-hybridized carbons (Fsp3) is 0.364. The largest absolute Gasteiger partial charge is 0.467 e. The van der Waals surface area contributed by atoms with Crippen LogP contribution in [-0.4, -0.2) is 82.6 Å². The summed E-state index contributed by atoms with van der Waals surface area (Å²) in [5.74, 6) is -4.32. The van der Waals surface area contributed by atoms with Gasteiger partial charge in [0.05, 0.1) is 7.11 Å². The number of rotatable bonds is 7. The predicted molar refractivity (Wildman–Crippen MR) is 109 cm³/mol. The van der Waals surface area contributed by atoms with Gasteiger partial charge < -0.3 is 34.8 Å². The van der Waals surface area contributed by atoms with Gasteiger partial charge in [-0.25, -0.2) is 4.79 Å². The van der Waals surface area contributed by atoms with Crippen molar-refractivity contribution in [2.45, 2.75) is 36.6 Å². The molecule has 2 heterocycles. The number of hydrogen-bond acceptors (Lipinski definition) is 10. The molecule has 11 nitrogen and oxygen atoms in total. The molecule has 0 unspecified atom stereocenters. The lowest BCUT2D eigenvalue weighted by atomic mass is 9.85. The summed E-state index contributed by atoms with van der Waals surface area (Å²) in [7, 11) is 2.18. The van der Waals surface area contributed by atoms with Crippen LogP contribution in [0.2, 0.25) is 0 Å². The monoisotopic (exact) mass is 461 g/mol. The third-order valence-corrected chi connectivity index (χ3v) is 5.64. The van der Waals surface area contributed by atoms with Gasteiger partial charge in [0.2, 0.25) is 17.3 Å². The molecule has 0 saturated carbocycles. The highest BCUT2D eigenvalue weighted by Crippen LogP contribution is 2.44. The molecule has 0 radical (unpaired) electrons.